The van der Waals surface area contributed by atoms with Crippen LogP contribution in [0.1, 0.15) is 58.8 Å². The van der Waals surface area contributed by atoms with Gasteiger partial charge in [0.2, 0.25) is 0 Å². The van der Waals surface area contributed by atoms with Crippen LogP contribution in [0.5, 0.6) is 0 Å². The molecule has 2 rings (SSSR count). The number of ether oxygens (including phenoxy) is 1. The topological polar surface area (TPSA) is 27.7 Å². The van der Waals surface area contributed by atoms with Crippen molar-refractivity contribution in [1.29, 1.82) is 0 Å². The van der Waals surface area contributed by atoms with Crippen molar-refractivity contribution in [3.8, 4) is 0 Å². The number of nitrogens with zero attached hydrogens (tertiary/aromatic N) is 2. The Morgan fingerprint density at radius 2 is 1.52 bits per heavy atom. The Bertz CT molecular complexity index is 272. The first-order chi connectivity index (χ1) is 11.3. The molecule has 2 saturated heterocycles. The molecule has 2 aliphatic heterocycles. The fraction of sp³-hybridized carbons (Fsp3) is 1.00. The van der Waals surface area contributed by atoms with Gasteiger partial charge in [0, 0.05) is 13.2 Å². The van der Waals surface area contributed by atoms with Crippen LogP contribution in [0, 0.1) is 5.92 Å². The highest BCUT2D eigenvalue weighted by molar-refractivity contribution is 4.81. The second-order valence-corrected chi connectivity index (χ2v) is 7.47. The van der Waals surface area contributed by atoms with Gasteiger partial charge in [0.25, 0.3) is 0 Å². The van der Waals surface area contributed by atoms with Gasteiger partial charge in [-0.3, -0.25) is 9.80 Å². The Balaban J connectivity index is 1.55. The van der Waals surface area contributed by atoms with E-state index in [0.717, 1.165) is 26.3 Å². The van der Waals surface area contributed by atoms with Gasteiger partial charge in [-0.05, 0) is 77.2 Å². The molecule has 0 bridgehead atoms. The highest BCUT2D eigenvalue weighted by atomic mass is 16.5. The quantitative estimate of drug-likeness (QED) is 0.558. The minimum Gasteiger partial charge on any atom is -0.380 e. The Kier molecular flexibility index (Phi) is 9.50. The molecule has 23 heavy (non-hydrogen) atoms. The zero-order valence-corrected chi connectivity index (χ0v) is 15.6. The summed E-state index contributed by atoms with van der Waals surface area (Å²) in [5, 5.41) is 3.59. The molecule has 0 amide bonds. The average molecular weight is 326 g/mol. The largest absolute Gasteiger partial charge is 0.380 e. The molecule has 2 aliphatic rings. The van der Waals surface area contributed by atoms with Crippen molar-refractivity contribution in [2.24, 2.45) is 5.92 Å². The Hall–Kier alpha value is -0.160. The van der Waals surface area contributed by atoms with Crippen LogP contribution in [-0.4, -0.2) is 68.4 Å². The molecule has 1 N–H and O–H groups in total. The molecule has 0 aromatic heterocycles. The summed E-state index contributed by atoms with van der Waals surface area (Å²) in [6, 6.07) is 0. The van der Waals surface area contributed by atoms with Gasteiger partial charge >= 0.3 is 0 Å². The highest BCUT2D eigenvalue weighted by Crippen LogP contribution is 2.21. The summed E-state index contributed by atoms with van der Waals surface area (Å²) in [6.07, 6.45) is 10.0. The maximum atomic E-state index is 5.77. The average Bonchev–Trinajstić information content (AvgIpc) is 3.23. The van der Waals surface area contributed by atoms with Crippen molar-refractivity contribution in [3.63, 3.8) is 0 Å². The third-order valence-corrected chi connectivity index (χ3v) is 5.31. The number of likely N-dealkylation sites (tertiary alicyclic amines) is 2. The molecule has 1 unspecified atom stereocenters. The zero-order chi connectivity index (χ0) is 16.3. The summed E-state index contributed by atoms with van der Waals surface area (Å²) in [4.78, 5) is 5.44. The number of hydrogen-bond acceptors (Lipinski definition) is 4. The first-order valence-corrected chi connectivity index (χ1v) is 10.1. The van der Waals surface area contributed by atoms with Gasteiger partial charge in [-0.25, -0.2) is 0 Å². The van der Waals surface area contributed by atoms with E-state index in [9.17, 15) is 0 Å². The van der Waals surface area contributed by atoms with Crippen LogP contribution in [-0.2, 0) is 4.74 Å². The summed E-state index contributed by atoms with van der Waals surface area (Å²) in [7, 11) is 0. The summed E-state index contributed by atoms with van der Waals surface area (Å²) in [5.41, 5.74) is 0. The van der Waals surface area contributed by atoms with E-state index >= 15 is 0 Å². The van der Waals surface area contributed by atoms with Crippen molar-refractivity contribution in [2.45, 2.75) is 65.0 Å². The fourth-order valence-electron chi connectivity index (χ4n) is 4.04. The van der Waals surface area contributed by atoms with E-state index in [1.54, 1.807) is 0 Å². The van der Waals surface area contributed by atoms with Crippen LogP contribution in [0.2, 0.25) is 0 Å². The maximum absolute atomic E-state index is 5.77. The molecular weight excluding hydrogens is 286 g/mol. The molecule has 4 nitrogen and oxygen atoms in total. The van der Waals surface area contributed by atoms with Crippen LogP contribution < -0.4 is 5.32 Å². The van der Waals surface area contributed by atoms with Crippen LogP contribution >= 0.6 is 0 Å². The van der Waals surface area contributed by atoms with Crippen LogP contribution in [0.25, 0.3) is 0 Å². The van der Waals surface area contributed by atoms with E-state index in [-0.39, 0.29) is 0 Å². The van der Waals surface area contributed by atoms with E-state index in [2.05, 4.69) is 29.0 Å². The maximum Gasteiger partial charge on any atom is 0.0634 e. The van der Waals surface area contributed by atoms with E-state index in [4.69, 9.17) is 4.74 Å². The van der Waals surface area contributed by atoms with E-state index in [1.165, 1.54) is 71.1 Å². The zero-order valence-electron chi connectivity index (χ0n) is 15.6. The van der Waals surface area contributed by atoms with Crippen LogP contribution in [0.4, 0.5) is 0 Å². The lowest BCUT2D eigenvalue weighted by atomic mass is 10.1. The predicted octanol–water partition coefficient (Wildman–Crippen LogP) is 2.94. The van der Waals surface area contributed by atoms with Crippen molar-refractivity contribution >= 4 is 0 Å². The lowest BCUT2D eigenvalue weighted by Crippen LogP contribution is -2.47. The Labute approximate surface area is 143 Å². The molecule has 0 aliphatic carbocycles. The molecule has 0 aromatic carbocycles. The lowest BCUT2D eigenvalue weighted by molar-refractivity contribution is 0.0702. The molecule has 0 saturated carbocycles. The third kappa shape index (κ3) is 7.08. The standard InChI is InChI=1S/C19H39N3O/c1-3-8-18(2)17-23-16-11-20-10-9-19(21-12-4-5-13-21)22-14-6-7-15-22/h18-20H,3-17H2,1-2H3. The fourth-order valence-corrected chi connectivity index (χ4v) is 4.04. The SMILES string of the molecule is CCCC(C)COCCNCCC(N1CCCC1)N1CCCC1. The summed E-state index contributed by atoms with van der Waals surface area (Å²) in [6.45, 7) is 13.6. The van der Waals surface area contributed by atoms with Crippen LogP contribution in [0.15, 0.2) is 0 Å². The first-order valence-electron chi connectivity index (χ1n) is 10.1. The van der Waals surface area contributed by atoms with Gasteiger partial charge in [-0.1, -0.05) is 20.3 Å². The van der Waals surface area contributed by atoms with Gasteiger partial charge in [-0.2, -0.15) is 0 Å². The predicted molar refractivity (Wildman–Crippen MR) is 97.8 cm³/mol. The van der Waals surface area contributed by atoms with E-state index in [0.29, 0.717) is 12.1 Å². The molecule has 4 heteroatoms. The monoisotopic (exact) mass is 325 g/mol. The highest BCUT2D eigenvalue weighted by Gasteiger charge is 2.28. The molecule has 1 atom stereocenters. The molecule has 136 valence electrons. The Morgan fingerprint density at radius 1 is 0.913 bits per heavy atom. The second kappa shape index (κ2) is 11.4. The summed E-state index contributed by atoms with van der Waals surface area (Å²) in [5.74, 6) is 0.703. The second-order valence-electron chi connectivity index (χ2n) is 7.47. The first kappa shape index (κ1) is 19.2. The Morgan fingerprint density at radius 3 is 2.09 bits per heavy atom. The normalized spacial score (nSPS) is 21.5. The van der Waals surface area contributed by atoms with Gasteiger partial charge in [0.15, 0.2) is 0 Å². The van der Waals surface area contributed by atoms with Gasteiger partial charge in [-0.15, -0.1) is 0 Å². The van der Waals surface area contributed by atoms with Crippen molar-refractivity contribution < 1.29 is 4.74 Å². The lowest BCUT2D eigenvalue weighted by Gasteiger charge is -2.35. The minimum absolute atomic E-state index is 0.679. The molecule has 0 aromatic rings. The molecule has 2 heterocycles. The van der Waals surface area contributed by atoms with Crippen molar-refractivity contribution in [3.05, 3.63) is 0 Å². The van der Waals surface area contributed by atoms with Gasteiger partial charge in [0.05, 0.1) is 12.8 Å². The number of nitrogens with one attached hydrogen (secondary N) is 1. The van der Waals surface area contributed by atoms with Crippen LogP contribution in [0.3, 0.4) is 0 Å². The van der Waals surface area contributed by atoms with Crippen molar-refractivity contribution in [1.82, 2.24) is 15.1 Å². The molecular formula is C19H39N3O. The summed E-state index contributed by atoms with van der Waals surface area (Å²) >= 11 is 0. The number of rotatable bonds is 12. The minimum atomic E-state index is 0.679. The van der Waals surface area contributed by atoms with E-state index in [1.807, 2.05) is 0 Å². The molecule has 0 radical (unpaired) electrons. The van der Waals surface area contributed by atoms with Gasteiger partial charge in [0.1, 0.15) is 0 Å². The summed E-state index contributed by atoms with van der Waals surface area (Å²) < 4.78 is 5.77. The molecule has 0 spiro atoms. The third-order valence-electron chi connectivity index (χ3n) is 5.31. The number of hydrogen-bond donors (Lipinski definition) is 1. The van der Waals surface area contributed by atoms with Gasteiger partial charge < -0.3 is 10.1 Å². The smallest absolute Gasteiger partial charge is 0.0634 e. The molecule has 2 fully saturated rings. The van der Waals surface area contributed by atoms with E-state index < -0.39 is 0 Å². The van der Waals surface area contributed by atoms with Crippen molar-refractivity contribution in [2.75, 3.05) is 52.5 Å².